The fourth-order valence-corrected chi connectivity index (χ4v) is 2.10. The van der Waals surface area contributed by atoms with Gasteiger partial charge in [0.15, 0.2) is 0 Å². The summed E-state index contributed by atoms with van der Waals surface area (Å²) in [5, 5.41) is 14.9. The zero-order valence-corrected chi connectivity index (χ0v) is 11.9. The van der Waals surface area contributed by atoms with E-state index in [-0.39, 0.29) is 12.1 Å². The van der Waals surface area contributed by atoms with Gasteiger partial charge in [-0.2, -0.15) is 9.49 Å². The second kappa shape index (κ2) is 5.08. The molecular weight excluding hydrogens is 317 g/mol. The van der Waals surface area contributed by atoms with Crippen LogP contribution < -0.4 is 0 Å². The summed E-state index contributed by atoms with van der Waals surface area (Å²) in [6, 6.07) is 4.14. The van der Waals surface area contributed by atoms with Crippen molar-refractivity contribution in [2.45, 2.75) is 20.4 Å². The van der Waals surface area contributed by atoms with Crippen LogP contribution in [0.25, 0.3) is 0 Å². The van der Waals surface area contributed by atoms with Gasteiger partial charge in [-0.3, -0.25) is 14.8 Å². The van der Waals surface area contributed by atoms with Crippen molar-refractivity contribution in [2.24, 2.45) is 0 Å². The molecule has 1 aromatic heterocycles. The molecule has 0 unspecified atom stereocenters. The van der Waals surface area contributed by atoms with Crippen molar-refractivity contribution in [3.63, 3.8) is 0 Å². The van der Waals surface area contributed by atoms with E-state index >= 15 is 0 Å². The Hall–Kier alpha value is -1.76. The molecule has 1 aromatic carbocycles. The van der Waals surface area contributed by atoms with E-state index in [0.29, 0.717) is 0 Å². The normalized spacial score (nSPS) is 10.7. The van der Waals surface area contributed by atoms with E-state index in [2.05, 4.69) is 21.0 Å². The van der Waals surface area contributed by atoms with Gasteiger partial charge in [0.1, 0.15) is 0 Å². The molecule has 0 radical (unpaired) electrons. The molecule has 0 spiro atoms. The van der Waals surface area contributed by atoms with Crippen molar-refractivity contribution in [2.75, 3.05) is 0 Å². The molecule has 7 heteroatoms. The van der Waals surface area contributed by atoms with Crippen LogP contribution in [0.5, 0.6) is 0 Å². The Labute approximate surface area is 117 Å². The number of hydrogen-bond donors (Lipinski definition) is 0. The maximum atomic E-state index is 14.0. The Kier molecular flexibility index (Phi) is 3.66. The molecule has 0 saturated heterocycles. The van der Waals surface area contributed by atoms with Gasteiger partial charge in [-0.05, 0) is 29.8 Å². The van der Waals surface area contributed by atoms with Crippen LogP contribution in [-0.2, 0) is 6.54 Å². The van der Waals surface area contributed by atoms with Gasteiger partial charge < -0.3 is 0 Å². The van der Waals surface area contributed by atoms with Crippen molar-refractivity contribution in [3.8, 4) is 0 Å². The lowest BCUT2D eigenvalue weighted by Gasteiger charge is -2.06. The summed E-state index contributed by atoms with van der Waals surface area (Å²) in [5.41, 5.74) is 1.37. The highest BCUT2D eigenvalue weighted by Gasteiger charge is 2.18. The van der Waals surface area contributed by atoms with E-state index in [1.807, 2.05) is 13.8 Å². The number of hydrogen-bond acceptors (Lipinski definition) is 3. The summed E-state index contributed by atoms with van der Waals surface area (Å²) >= 11 is 3.38. The van der Waals surface area contributed by atoms with E-state index in [4.69, 9.17) is 0 Å². The largest absolute Gasteiger partial charge is 0.305 e. The standard InChI is InChI=1S/C12H11BrFN3O2/c1-7-11(13)8(2)16(15-7)6-9-4-3-5-10(12(9)14)17(18)19/h3-5H,6H2,1-2H3. The molecule has 0 fully saturated rings. The molecule has 19 heavy (non-hydrogen) atoms. The Balaban J connectivity index is 2.41. The predicted molar refractivity (Wildman–Crippen MR) is 71.6 cm³/mol. The van der Waals surface area contributed by atoms with Crippen molar-refractivity contribution < 1.29 is 9.31 Å². The number of aryl methyl sites for hydroxylation is 1. The lowest BCUT2D eigenvalue weighted by molar-refractivity contribution is -0.387. The second-order valence-corrected chi connectivity index (χ2v) is 4.94. The summed E-state index contributed by atoms with van der Waals surface area (Å²) < 4.78 is 16.4. The zero-order valence-electron chi connectivity index (χ0n) is 10.4. The smallest absolute Gasteiger partial charge is 0.264 e. The van der Waals surface area contributed by atoms with E-state index in [1.165, 1.54) is 12.1 Å². The minimum atomic E-state index is -0.809. The average Bonchev–Trinajstić information content (AvgIpc) is 2.59. The fraction of sp³-hybridized carbons (Fsp3) is 0.250. The molecule has 5 nitrogen and oxygen atoms in total. The molecule has 2 aromatic rings. The van der Waals surface area contributed by atoms with Gasteiger partial charge in [0.05, 0.1) is 27.3 Å². The highest BCUT2D eigenvalue weighted by atomic mass is 79.9. The van der Waals surface area contributed by atoms with Gasteiger partial charge in [0, 0.05) is 11.6 Å². The van der Waals surface area contributed by atoms with Crippen molar-refractivity contribution in [3.05, 3.63) is 55.6 Å². The van der Waals surface area contributed by atoms with Crippen LogP contribution in [0.1, 0.15) is 17.0 Å². The second-order valence-electron chi connectivity index (χ2n) is 4.15. The number of nitro groups is 1. The van der Waals surface area contributed by atoms with Gasteiger partial charge in [-0.15, -0.1) is 0 Å². The molecule has 2 rings (SSSR count). The summed E-state index contributed by atoms with van der Waals surface area (Å²) in [7, 11) is 0. The third-order valence-corrected chi connectivity index (χ3v) is 4.02. The SMILES string of the molecule is Cc1nn(Cc2cccc([N+](=O)[O-])c2F)c(C)c1Br. The highest BCUT2D eigenvalue weighted by molar-refractivity contribution is 9.10. The van der Waals surface area contributed by atoms with Crippen LogP contribution in [0.2, 0.25) is 0 Å². The maximum Gasteiger partial charge on any atom is 0.305 e. The molecule has 0 aliphatic heterocycles. The molecule has 0 bridgehead atoms. The third-order valence-electron chi connectivity index (χ3n) is 2.87. The van der Waals surface area contributed by atoms with E-state index in [0.717, 1.165) is 21.9 Å². The van der Waals surface area contributed by atoms with Gasteiger partial charge in [-0.1, -0.05) is 12.1 Å². The monoisotopic (exact) mass is 327 g/mol. The molecule has 0 N–H and O–H groups in total. The quantitative estimate of drug-likeness (QED) is 0.641. The zero-order chi connectivity index (χ0) is 14.2. The molecule has 0 aliphatic carbocycles. The van der Waals surface area contributed by atoms with Crippen LogP contribution in [0, 0.1) is 29.8 Å². The van der Waals surface area contributed by atoms with E-state index in [1.54, 1.807) is 4.68 Å². The van der Waals surface area contributed by atoms with Gasteiger partial charge in [0.25, 0.3) is 0 Å². The molecule has 0 saturated carbocycles. The first-order valence-corrected chi connectivity index (χ1v) is 6.32. The Bertz CT molecular complexity index is 655. The van der Waals surface area contributed by atoms with Gasteiger partial charge >= 0.3 is 5.69 Å². The summed E-state index contributed by atoms with van der Waals surface area (Å²) in [6.07, 6.45) is 0. The summed E-state index contributed by atoms with van der Waals surface area (Å²) in [6.45, 7) is 3.84. The minimum absolute atomic E-state index is 0.159. The maximum absolute atomic E-state index is 14.0. The van der Waals surface area contributed by atoms with Crippen molar-refractivity contribution >= 4 is 21.6 Å². The van der Waals surface area contributed by atoms with Gasteiger partial charge in [0.2, 0.25) is 5.82 Å². The van der Waals surface area contributed by atoms with Crippen LogP contribution in [0.3, 0.4) is 0 Å². The Morgan fingerprint density at radius 1 is 1.47 bits per heavy atom. The third kappa shape index (κ3) is 2.51. The molecular formula is C12H11BrFN3O2. The van der Waals surface area contributed by atoms with Crippen LogP contribution >= 0.6 is 15.9 Å². The van der Waals surface area contributed by atoms with E-state index < -0.39 is 16.4 Å². The first-order valence-electron chi connectivity index (χ1n) is 5.53. The van der Waals surface area contributed by atoms with E-state index in [9.17, 15) is 14.5 Å². The number of rotatable bonds is 3. The number of benzene rings is 1. The minimum Gasteiger partial charge on any atom is -0.264 e. The Morgan fingerprint density at radius 3 is 2.68 bits per heavy atom. The fourth-order valence-electron chi connectivity index (χ4n) is 1.82. The number of nitrogens with zero attached hydrogens (tertiary/aromatic N) is 3. The lowest BCUT2D eigenvalue weighted by atomic mass is 10.2. The summed E-state index contributed by atoms with van der Waals surface area (Å²) in [4.78, 5) is 9.96. The predicted octanol–water partition coefficient (Wildman–Crippen LogP) is 3.36. The number of nitro benzene ring substituents is 1. The summed E-state index contributed by atoms with van der Waals surface area (Å²) in [5.74, 6) is -0.809. The lowest BCUT2D eigenvalue weighted by Crippen LogP contribution is -2.07. The van der Waals surface area contributed by atoms with Crippen molar-refractivity contribution in [1.29, 1.82) is 0 Å². The first-order chi connectivity index (χ1) is 8.91. The Morgan fingerprint density at radius 2 is 2.16 bits per heavy atom. The number of aromatic nitrogens is 2. The molecule has 0 aliphatic rings. The average molecular weight is 328 g/mol. The molecule has 1 heterocycles. The topological polar surface area (TPSA) is 61.0 Å². The van der Waals surface area contributed by atoms with Crippen LogP contribution in [0.15, 0.2) is 22.7 Å². The number of halogens is 2. The highest BCUT2D eigenvalue weighted by Crippen LogP contribution is 2.24. The first kappa shape index (κ1) is 13.7. The molecule has 0 amide bonds. The van der Waals surface area contributed by atoms with Crippen LogP contribution in [0.4, 0.5) is 10.1 Å². The molecule has 0 atom stereocenters. The molecule has 100 valence electrons. The van der Waals surface area contributed by atoms with Crippen LogP contribution in [-0.4, -0.2) is 14.7 Å². The van der Waals surface area contributed by atoms with Gasteiger partial charge in [-0.25, -0.2) is 0 Å². The van der Waals surface area contributed by atoms with Crippen molar-refractivity contribution in [1.82, 2.24) is 9.78 Å².